The van der Waals surface area contributed by atoms with E-state index < -0.39 is 144 Å². The largest absolute Gasteiger partial charge is 0.494 e. The normalized spacial score (nSPS) is 21.7. The minimum absolute atomic E-state index is 0.0178. The van der Waals surface area contributed by atoms with E-state index in [1.165, 1.54) is 9.80 Å². The molecule has 0 spiro atoms. The number of amides is 8. The van der Waals surface area contributed by atoms with Crippen LogP contribution in [0, 0.1) is 11.8 Å². The van der Waals surface area contributed by atoms with Crippen molar-refractivity contribution in [1.82, 2.24) is 112 Å². The second-order valence-corrected chi connectivity index (χ2v) is 33.1. The highest BCUT2D eigenvalue weighted by molar-refractivity contribution is 5.98. The van der Waals surface area contributed by atoms with Gasteiger partial charge in [0.25, 0.3) is 0 Å². The van der Waals surface area contributed by atoms with Crippen LogP contribution in [0.15, 0.2) is 134 Å². The second-order valence-electron chi connectivity index (χ2n) is 33.1. The summed E-state index contributed by atoms with van der Waals surface area (Å²) < 4.78 is 19.0. The van der Waals surface area contributed by atoms with Gasteiger partial charge in [0.15, 0.2) is 0 Å². The number of nitrogens with zero attached hydrogens (tertiary/aromatic N) is 14. The van der Waals surface area contributed by atoms with Gasteiger partial charge in [-0.2, -0.15) is 0 Å². The van der Waals surface area contributed by atoms with Crippen molar-refractivity contribution in [1.29, 1.82) is 0 Å². The highest BCUT2D eigenvalue weighted by Crippen LogP contribution is 2.32. The van der Waals surface area contributed by atoms with E-state index in [2.05, 4.69) is 83.8 Å². The van der Waals surface area contributed by atoms with Gasteiger partial charge in [-0.15, -0.1) is 20.4 Å². The molecule has 36 nitrogen and oxygen atoms in total. The van der Waals surface area contributed by atoms with Gasteiger partial charge in [-0.3, -0.25) is 47.7 Å². The molecule has 4 aromatic carbocycles. The number of carboxylic acid groups (broad SMARTS) is 2. The van der Waals surface area contributed by atoms with E-state index >= 15 is 9.59 Å². The number of ether oxygens (including phenoxy) is 2. The summed E-state index contributed by atoms with van der Waals surface area (Å²) in [7, 11) is 3.27. The number of benzene rings is 4. The number of likely N-dealkylation sites (tertiary alicyclic amines) is 2. The number of carbonyl (C=O) groups is 10. The molecule has 2 fully saturated rings. The molecule has 8 aromatic rings. The lowest BCUT2D eigenvalue weighted by Gasteiger charge is -2.31. The molecule has 0 aliphatic carbocycles. The Bertz CT molecular complexity index is 4550. The van der Waals surface area contributed by atoms with Gasteiger partial charge in [-0.1, -0.05) is 146 Å². The first-order valence-corrected chi connectivity index (χ1v) is 43.1. The summed E-state index contributed by atoms with van der Waals surface area (Å²) in [6.45, 7) is 12.3. The Morgan fingerprint density at radius 1 is 0.444 bits per heavy atom. The summed E-state index contributed by atoms with van der Waals surface area (Å²) in [4.78, 5) is 145. The summed E-state index contributed by atoms with van der Waals surface area (Å²) in [5, 5.41) is 79.5. The van der Waals surface area contributed by atoms with Crippen LogP contribution in [0.3, 0.4) is 0 Å². The molecule has 12 atom stereocenters. The Morgan fingerprint density at radius 2 is 0.798 bits per heavy atom. The number of likely N-dealkylation sites (N-methyl/N-ethyl adjacent to an activating group) is 2. The van der Waals surface area contributed by atoms with E-state index in [1.54, 1.807) is 171 Å². The lowest BCUT2D eigenvalue weighted by molar-refractivity contribution is -0.144. The first kappa shape index (κ1) is 92.4. The number of carboxylic acids is 2. The first-order valence-electron chi connectivity index (χ1n) is 43.1. The SMILES string of the molecule is CN[C@@H](C)C(=O)N[C@H](C(=O)N1C[C@@H]2C[C@H]1C(=O)N[C@@H](Cc1ccccc1)C(=O)N[C@H](C(=O)O)Cc1ccc(cc1)OCCCn1cc(nn1)CCCCCc1cn(nn1)[C@H]1C[C@@H](C(=O)N[C@@H](Cc3ccccc3)C(=O)N[C@H](C(=O)O)Cc3ccc(cc3)OCCCn3cc(nn3)CCCCCc3cn2nn3)N(C(=O)[C@@H](NC(=O)[C@H](C)NC)C(C)C)C1)C(C)C. The molecule has 0 saturated carbocycles. The highest BCUT2D eigenvalue weighted by Gasteiger charge is 2.47. The number of hydrogen-bond acceptors (Lipinski definition) is 22. The van der Waals surface area contributed by atoms with E-state index in [1.807, 2.05) is 36.9 Å². The number of aryl methyl sites for hydroxylation is 6. The van der Waals surface area contributed by atoms with Gasteiger partial charge in [-0.05, 0) is 138 Å². The maximum atomic E-state index is 15.0. The third-order valence-electron chi connectivity index (χ3n) is 23.0. The van der Waals surface area contributed by atoms with E-state index in [9.17, 15) is 48.6 Å². The third kappa shape index (κ3) is 26.4. The molecule has 8 amide bonds. The zero-order valence-electron chi connectivity index (χ0n) is 71.8. The number of aliphatic carboxylic acids is 2. The maximum absolute atomic E-state index is 15.0. The van der Waals surface area contributed by atoms with Crippen molar-refractivity contribution in [2.75, 3.05) is 40.4 Å². The monoisotopic (exact) mass is 1710 g/mol. The zero-order valence-corrected chi connectivity index (χ0v) is 71.8. The van der Waals surface area contributed by atoms with Crippen LogP contribution in [-0.2, 0) is 112 Å². The lowest BCUT2D eigenvalue weighted by Crippen LogP contribution is -2.59. The van der Waals surface area contributed by atoms with Gasteiger partial charge in [0, 0.05) is 102 Å². The first-order chi connectivity index (χ1) is 59.8. The minimum Gasteiger partial charge on any atom is -0.494 e. The summed E-state index contributed by atoms with van der Waals surface area (Å²) in [5.41, 5.74) is 5.61. The van der Waals surface area contributed by atoms with E-state index in [-0.39, 0.29) is 51.6 Å². The molecular weight excluding hydrogens is 1590 g/mol. The second kappa shape index (κ2) is 45.2. The average molecular weight is 1710 g/mol. The number of aromatic nitrogens is 12. The molecule has 6 aliphatic rings. The van der Waals surface area contributed by atoms with Crippen molar-refractivity contribution in [2.45, 2.75) is 243 Å². The van der Waals surface area contributed by atoms with Crippen LogP contribution in [0.1, 0.15) is 163 Å². The summed E-state index contributed by atoms with van der Waals surface area (Å²) in [5.74, 6) is -6.95. The molecule has 664 valence electrons. The van der Waals surface area contributed by atoms with Gasteiger partial charge in [0.05, 0.1) is 60.2 Å². The zero-order chi connectivity index (χ0) is 88.3. The van der Waals surface area contributed by atoms with Crippen molar-refractivity contribution in [3.8, 4) is 11.5 Å². The Morgan fingerprint density at radius 3 is 1.15 bits per heavy atom. The van der Waals surface area contributed by atoms with Crippen LogP contribution in [0.2, 0.25) is 0 Å². The number of nitrogens with one attached hydrogen (secondary N) is 8. The summed E-state index contributed by atoms with van der Waals surface area (Å²) >= 11 is 0. The Labute approximate surface area is 721 Å². The van der Waals surface area contributed by atoms with Crippen LogP contribution >= 0.6 is 0 Å². The van der Waals surface area contributed by atoms with Crippen LogP contribution < -0.4 is 52.0 Å². The maximum Gasteiger partial charge on any atom is 0.326 e. The molecule has 0 radical (unpaired) electrons. The summed E-state index contributed by atoms with van der Waals surface area (Å²) in [6.07, 6.45) is 15.9. The average Bonchev–Trinajstić information content (AvgIpc) is 1.64. The molecule has 0 unspecified atom stereocenters. The molecule has 2 saturated heterocycles. The van der Waals surface area contributed by atoms with Crippen molar-refractivity contribution in [3.05, 3.63) is 179 Å². The fourth-order valence-corrected chi connectivity index (χ4v) is 15.5. The van der Waals surface area contributed by atoms with Crippen molar-refractivity contribution >= 4 is 59.2 Å². The van der Waals surface area contributed by atoms with Crippen LogP contribution in [-0.4, -0.2) is 240 Å². The number of carbonyl (C=O) groups excluding carboxylic acids is 8. The molecule has 10 N–H and O–H groups in total. The summed E-state index contributed by atoms with van der Waals surface area (Å²) in [6, 6.07) is 19.6. The molecule has 10 heterocycles. The van der Waals surface area contributed by atoms with Gasteiger partial charge < -0.3 is 72.0 Å². The van der Waals surface area contributed by atoms with Gasteiger partial charge in [0.1, 0.15) is 59.8 Å². The van der Waals surface area contributed by atoms with E-state index in [4.69, 9.17) is 9.47 Å². The Kier molecular flexibility index (Phi) is 33.6. The number of rotatable bonds is 16. The van der Waals surface area contributed by atoms with E-state index in [0.717, 1.165) is 49.9 Å². The predicted molar refractivity (Wildman–Crippen MR) is 455 cm³/mol. The minimum atomic E-state index is -1.42. The van der Waals surface area contributed by atoms with Crippen LogP contribution in [0.4, 0.5) is 0 Å². The van der Waals surface area contributed by atoms with Gasteiger partial charge in [0.2, 0.25) is 47.3 Å². The Balaban J connectivity index is 0.775. The molecule has 6 aliphatic heterocycles. The van der Waals surface area contributed by atoms with Crippen molar-refractivity contribution < 1.29 is 67.6 Å². The fourth-order valence-electron chi connectivity index (χ4n) is 15.5. The van der Waals surface area contributed by atoms with Crippen molar-refractivity contribution in [3.63, 3.8) is 0 Å². The van der Waals surface area contributed by atoms with E-state index in [0.29, 0.717) is 110 Å². The molecule has 16 bridgehead atoms. The van der Waals surface area contributed by atoms with Crippen LogP contribution in [0.25, 0.3) is 0 Å². The number of hydrogen-bond donors (Lipinski definition) is 10. The topological polar surface area (TPSA) is 455 Å². The predicted octanol–water partition coefficient (Wildman–Crippen LogP) is 4.08. The molecule has 124 heavy (non-hydrogen) atoms. The highest BCUT2D eigenvalue weighted by atomic mass is 16.5. The standard InChI is InChI=1S/C88H118N22O14/c1-55(2)77(95-79(111)57(5)89-7)85(117)107-53-67-47-75(107)83(115)91-71(43-59-23-13-9-14-24-59)81(113)93-73(87(119)120)45-61-31-35-69(36-32-61)123-41-22-40-106-50-64(98-102-106)28-18-12-20-30-66-52-110(104-100-66)68-48-76(108(54-68)86(118)78(56(3)4)96-80(112)58(6)90-8)84(116)92-72(44-60-25-15-10-16-26-60)82(114)94-74(88(121)122)46-62-33-37-70(38-34-62)124-42-21-39-105-49-63(97-101-105)27-17-11-19-29-65-51-109(67)103-99-65/h9-10,13-16,23-26,31-38,49-52,55-58,67-68,71-78,89-90H,11-12,17-22,27-30,39-48,53-54H2,1-8H3,(H,91,115)(H,92,116)(H,93,113)(H,94,114)(H,95,111)(H,96,112)(H,119,120)(H,121,122)/t57-,58-,67-,68-,71-,72-,73-,74-,75-,76-,77-,78-/m0/s1. The molecule has 4 aromatic heterocycles. The van der Waals surface area contributed by atoms with Crippen molar-refractivity contribution in [2.24, 2.45) is 11.8 Å². The third-order valence-corrected chi connectivity index (χ3v) is 23.0. The van der Waals surface area contributed by atoms with Gasteiger partial charge >= 0.3 is 11.9 Å². The molecular formula is C88H118N22O14. The van der Waals surface area contributed by atoms with Crippen LogP contribution in [0.5, 0.6) is 11.5 Å². The van der Waals surface area contributed by atoms with Gasteiger partial charge in [-0.25, -0.2) is 19.0 Å². The fraction of sp³-hybridized carbons (Fsp3) is 0.523. The Hall–Kier alpha value is -12.3. The molecule has 14 rings (SSSR count). The quantitative estimate of drug-likeness (QED) is 0.0651. The smallest absolute Gasteiger partial charge is 0.326 e. The lowest BCUT2D eigenvalue weighted by atomic mass is 10.0. The molecule has 36 heteroatoms.